The highest BCUT2D eigenvalue weighted by Gasteiger charge is 2.26. The molecule has 0 aliphatic heterocycles. The van der Waals surface area contributed by atoms with Gasteiger partial charge >= 0.3 is 0 Å². The Balaban J connectivity index is 2.89. The van der Waals surface area contributed by atoms with Gasteiger partial charge in [0.05, 0.1) is 5.60 Å². The van der Waals surface area contributed by atoms with Gasteiger partial charge in [0.1, 0.15) is 0 Å². The van der Waals surface area contributed by atoms with Gasteiger partial charge in [0.15, 0.2) is 0 Å². The van der Waals surface area contributed by atoms with E-state index in [-0.39, 0.29) is 0 Å². The van der Waals surface area contributed by atoms with Gasteiger partial charge in [0.25, 0.3) is 0 Å². The fourth-order valence-electron chi connectivity index (χ4n) is 1.77. The number of halogens is 1. The summed E-state index contributed by atoms with van der Waals surface area (Å²) in [6.45, 7) is 4.19. The Morgan fingerprint density at radius 1 is 1.33 bits per heavy atom. The predicted molar refractivity (Wildman–Crippen MR) is 67.9 cm³/mol. The van der Waals surface area contributed by atoms with E-state index < -0.39 is 5.60 Å². The minimum atomic E-state index is -0.653. The van der Waals surface area contributed by atoms with Gasteiger partial charge in [-0.3, -0.25) is 0 Å². The second-order valence-electron chi connectivity index (χ2n) is 4.00. The van der Waals surface area contributed by atoms with Crippen molar-refractivity contribution in [3.05, 3.63) is 34.3 Å². The molecule has 0 aromatic heterocycles. The van der Waals surface area contributed by atoms with Gasteiger partial charge in [0, 0.05) is 4.47 Å². The lowest BCUT2D eigenvalue weighted by molar-refractivity contribution is 0.0211. The molecule has 0 bridgehead atoms. The third kappa shape index (κ3) is 3.32. The highest BCUT2D eigenvalue weighted by Crippen LogP contribution is 2.31. The lowest BCUT2D eigenvalue weighted by Crippen LogP contribution is -2.24. The maximum Gasteiger partial charge on any atom is 0.0894 e. The Bertz CT molecular complexity index is 311. The molecule has 84 valence electrons. The van der Waals surface area contributed by atoms with Gasteiger partial charge in [-0.15, -0.1) is 0 Å². The zero-order valence-corrected chi connectivity index (χ0v) is 11.0. The van der Waals surface area contributed by atoms with E-state index in [9.17, 15) is 5.11 Å². The molecule has 1 unspecified atom stereocenters. The van der Waals surface area contributed by atoms with E-state index in [1.54, 1.807) is 0 Å². The Hall–Kier alpha value is -0.340. The van der Waals surface area contributed by atoms with E-state index in [4.69, 9.17) is 0 Å². The number of hydrogen-bond donors (Lipinski definition) is 1. The van der Waals surface area contributed by atoms with E-state index in [0.29, 0.717) is 0 Å². The molecule has 0 amide bonds. The van der Waals surface area contributed by atoms with Crippen LogP contribution in [0.2, 0.25) is 0 Å². The van der Waals surface area contributed by atoms with Crippen molar-refractivity contribution in [2.24, 2.45) is 0 Å². The van der Waals surface area contributed by atoms with Crippen LogP contribution in [0.5, 0.6) is 0 Å². The molecule has 15 heavy (non-hydrogen) atoms. The summed E-state index contributed by atoms with van der Waals surface area (Å²) in [4.78, 5) is 0. The van der Waals surface area contributed by atoms with Crippen LogP contribution in [0.15, 0.2) is 28.7 Å². The van der Waals surface area contributed by atoms with Crippen LogP contribution in [0.3, 0.4) is 0 Å². The normalized spacial score (nSPS) is 14.9. The van der Waals surface area contributed by atoms with Gasteiger partial charge in [-0.1, -0.05) is 54.8 Å². The molecule has 0 radical (unpaired) electrons. The minimum absolute atomic E-state index is 0.653. The number of aliphatic hydroxyl groups is 1. The topological polar surface area (TPSA) is 20.2 Å². The average Bonchev–Trinajstić information content (AvgIpc) is 2.26. The maximum absolute atomic E-state index is 10.5. The first-order valence-corrected chi connectivity index (χ1v) is 6.40. The van der Waals surface area contributed by atoms with E-state index in [2.05, 4.69) is 22.9 Å². The lowest BCUT2D eigenvalue weighted by Gasteiger charge is -2.27. The summed E-state index contributed by atoms with van der Waals surface area (Å²) >= 11 is 3.44. The summed E-state index contributed by atoms with van der Waals surface area (Å²) in [5.74, 6) is 0. The highest BCUT2D eigenvalue weighted by atomic mass is 79.9. The molecule has 0 spiro atoms. The summed E-state index contributed by atoms with van der Waals surface area (Å²) in [6.07, 6.45) is 3.80. The Morgan fingerprint density at radius 2 is 2.07 bits per heavy atom. The summed E-state index contributed by atoms with van der Waals surface area (Å²) in [5.41, 5.74) is 0.368. The second kappa shape index (κ2) is 5.66. The predicted octanol–water partition coefficient (Wildman–Crippen LogP) is 4.24. The van der Waals surface area contributed by atoms with Gasteiger partial charge in [-0.25, -0.2) is 0 Å². The molecule has 0 saturated heterocycles. The van der Waals surface area contributed by atoms with Crippen LogP contribution < -0.4 is 0 Å². The number of unbranched alkanes of at least 4 members (excludes halogenated alkanes) is 1. The molecule has 2 heteroatoms. The lowest BCUT2D eigenvalue weighted by atomic mass is 9.86. The van der Waals surface area contributed by atoms with Crippen LogP contribution in [0, 0.1) is 0 Å². The van der Waals surface area contributed by atoms with Crippen LogP contribution in [-0.2, 0) is 5.60 Å². The zero-order valence-electron chi connectivity index (χ0n) is 9.46. The molecule has 0 aliphatic rings. The van der Waals surface area contributed by atoms with E-state index in [0.717, 1.165) is 35.7 Å². The Kier molecular flexibility index (Phi) is 4.81. The van der Waals surface area contributed by atoms with Crippen LogP contribution in [-0.4, -0.2) is 5.11 Å². The van der Waals surface area contributed by atoms with Crippen LogP contribution >= 0.6 is 15.9 Å². The van der Waals surface area contributed by atoms with E-state index in [1.807, 2.05) is 31.2 Å². The van der Waals surface area contributed by atoms with Crippen LogP contribution in [0.1, 0.15) is 45.1 Å². The molecule has 0 heterocycles. The van der Waals surface area contributed by atoms with Crippen molar-refractivity contribution in [1.82, 2.24) is 0 Å². The van der Waals surface area contributed by atoms with Crippen molar-refractivity contribution in [3.63, 3.8) is 0 Å². The standard InChI is InChI=1S/C13H19BrO/c1-3-5-9-13(15,4-2)11-7-6-8-12(14)10-11/h6-8,10,15H,3-5,9H2,1-2H3. The number of rotatable bonds is 5. The summed E-state index contributed by atoms with van der Waals surface area (Å²) < 4.78 is 1.03. The second-order valence-corrected chi connectivity index (χ2v) is 4.91. The first-order valence-electron chi connectivity index (χ1n) is 5.61. The summed E-state index contributed by atoms with van der Waals surface area (Å²) in [5, 5.41) is 10.5. The minimum Gasteiger partial charge on any atom is -0.385 e. The molecule has 1 nitrogen and oxygen atoms in total. The SMILES string of the molecule is CCCCC(O)(CC)c1cccc(Br)c1. The fourth-order valence-corrected chi connectivity index (χ4v) is 2.17. The summed E-state index contributed by atoms with van der Waals surface area (Å²) in [7, 11) is 0. The van der Waals surface area contributed by atoms with Gasteiger partial charge < -0.3 is 5.11 Å². The van der Waals surface area contributed by atoms with Gasteiger partial charge in [-0.2, -0.15) is 0 Å². The third-order valence-electron chi connectivity index (χ3n) is 2.89. The average molecular weight is 271 g/mol. The van der Waals surface area contributed by atoms with Crippen LogP contribution in [0.25, 0.3) is 0 Å². The molecule has 0 saturated carbocycles. The molecule has 0 aliphatic carbocycles. The Morgan fingerprint density at radius 3 is 2.60 bits per heavy atom. The highest BCUT2D eigenvalue weighted by molar-refractivity contribution is 9.10. The maximum atomic E-state index is 10.5. The molecular weight excluding hydrogens is 252 g/mol. The first kappa shape index (κ1) is 12.7. The molecule has 1 N–H and O–H groups in total. The van der Waals surface area contributed by atoms with Crippen molar-refractivity contribution in [1.29, 1.82) is 0 Å². The van der Waals surface area contributed by atoms with Crippen LogP contribution in [0.4, 0.5) is 0 Å². The van der Waals surface area contributed by atoms with Crippen molar-refractivity contribution in [2.75, 3.05) is 0 Å². The Labute approximate surface area is 101 Å². The summed E-state index contributed by atoms with van der Waals surface area (Å²) in [6, 6.07) is 7.98. The quantitative estimate of drug-likeness (QED) is 0.849. The monoisotopic (exact) mass is 270 g/mol. The number of hydrogen-bond acceptors (Lipinski definition) is 1. The van der Waals surface area contributed by atoms with Crippen molar-refractivity contribution >= 4 is 15.9 Å². The van der Waals surface area contributed by atoms with Crippen molar-refractivity contribution in [3.8, 4) is 0 Å². The third-order valence-corrected chi connectivity index (χ3v) is 3.38. The molecular formula is C13H19BrO. The molecule has 0 fully saturated rings. The molecule has 1 atom stereocenters. The largest absolute Gasteiger partial charge is 0.385 e. The van der Waals surface area contributed by atoms with Crippen molar-refractivity contribution in [2.45, 2.75) is 45.1 Å². The fraction of sp³-hybridized carbons (Fsp3) is 0.538. The molecule has 1 aromatic carbocycles. The van der Waals surface area contributed by atoms with E-state index in [1.165, 1.54) is 0 Å². The van der Waals surface area contributed by atoms with Gasteiger partial charge in [-0.05, 0) is 30.5 Å². The van der Waals surface area contributed by atoms with Gasteiger partial charge in [0.2, 0.25) is 0 Å². The number of benzene rings is 1. The van der Waals surface area contributed by atoms with E-state index >= 15 is 0 Å². The zero-order chi connectivity index (χ0) is 11.3. The van der Waals surface area contributed by atoms with Crippen molar-refractivity contribution < 1.29 is 5.11 Å². The smallest absolute Gasteiger partial charge is 0.0894 e. The molecule has 1 rings (SSSR count). The first-order chi connectivity index (χ1) is 7.12. The molecule has 1 aromatic rings.